The normalized spacial score (nSPS) is 17.4. The molecule has 0 saturated carbocycles. The third kappa shape index (κ3) is 2.22. The number of ether oxygens (including phenoxy) is 1. The summed E-state index contributed by atoms with van der Waals surface area (Å²) in [6.07, 6.45) is 0.715. The maximum atomic E-state index is 12.0. The zero-order chi connectivity index (χ0) is 13.2. The zero-order valence-corrected chi connectivity index (χ0v) is 10.1. The summed E-state index contributed by atoms with van der Waals surface area (Å²) in [7, 11) is 0. The molecule has 1 aromatic carbocycles. The van der Waals surface area contributed by atoms with Gasteiger partial charge < -0.3 is 15.8 Å². The number of para-hydroxylation sites is 1. The Kier molecular flexibility index (Phi) is 2.79. The lowest BCUT2D eigenvalue weighted by Gasteiger charge is -2.26. The van der Waals surface area contributed by atoms with Gasteiger partial charge in [0.15, 0.2) is 0 Å². The van der Waals surface area contributed by atoms with Gasteiger partial charge in [-0.15, -0.1) is 5.10 Å². The highest BCUT2D eigenvalue weighted by Gasteiger charge is 2.24. The van der Waals surface area contributed by atoms with E-state index < -0.39 is 0 Å². The van der Waals surface area contributed by atoms with Gasteiger partial charge in [0.25, 0.3) is 5.91 Å². The predicted molar refractivity (Wildman–Crippen MR) is 67.6 cm³/mol. The number of aromatic nitrogens is 3. The van der Waals surface area contributed by atoms with Gasteiger partial charge in [-0.2, -0.15) is 4.98 Å². The summed E-state index contributed by atoms with van der Waals surface area (Å²) in [6.45, 7) is 0.570. The molecular weight excluding hydrogens is 246 g/mol. The average molecular weight is 259 g/mol. The van der Waals surface area contributed by atoms with E-state index in [-0.39, 0.29) is 23.7 Å². The zero-order valence-electron chi connectivity index (χ0n) is 10.1. The monoisotopic (exact) mass is 259 g/mol. The third-order valence-electron chi connectivity index (χ3n) is 2.98. The molecule has 1 aromatic heterocycles. The molecule has 2 aromatic rings. The van der Waals surface area contributed by atoms with Crippen molar-refractivity contribution in [1.29, 1.82) is 0 Å². The van der Waals surface area contributed by atoms with Gasteiger partial charge in [0.2, 0.25) is 11.8 Å². The van der Waals surface area contributed by atoms with Gasteiger partial charge in [0.05, 0.1) is 12.6 Å². The molecule has 1 amide bonds. The number of aromatic amines is 1. The Bertz CT molecular complexity index is 610. The molecule has 1 aliphatic heterocycles. The highest BCUT2D eigenvalue weighted by atomic mass is 16.5. The van der Waals surface area contributed by atoms with Crippen molar-refractivity contribution in [1.82, 2.24) is 20.5 Å². The van der Waals surface area contributed by atoms with E-state index in [9.17, 15) is 4.79 Å². The summed E-state index contributed by atoms with van der Waals surface area (Å²) in [4.78, 5) is 15.8. The topological polar surface area (TPSA) is 106 Å². The van der Waals surface area contributed by atoms with Crippen molar-refractivity contribution in [2.75, 3.05) is 12.3 Å². The molecule has 19 heavy (non-hydrogen) atoms. The van der Waals surface area contributed by atoms with Crippen molar-refractivity contribution in [3.05, 3.63) is 35.7 Å². The Labute approximate surface area is 109 Å². The summed E-state index contributed by atoms with van der Waals surface area (Å²) < 4.78 is 5.54. The van der Waals surface area contributed by atoms with Crippen molar-refractivity contribution in [2.45, 2.75) is 12.5 Å². The number of nitrogen functional groups attached to an aromatic ring is 1. The summed E-state index contributed by atoms with van der Waals surface area (Å²) in [6, 6.07) is 7.55. The number of nitrogens with one attached hydrogen (secondary N) is 2. The number of hydrogen-bond acceptors (Lipinski definition) is 5. The van der Waals surface area contributed by atoms with Gasteiger partial charge in [-0.25, -0.2) is 0 Å². The highest BCUT2D eigenvalue weighted by Crippen LogP contribution is 2.31. The molecule has 1 aliphatic rings. The third-order valence-corrected chi connectivity index (χ3v) is 2.98. The molecule has 4 N–H and O–H groups in total. The van der Waals surface area contributed by atoms with Crippen LogP contribution < -0.4 is 15.8 Å². The molecule has 0 saturated heterocycles. The van der Waals surface area contributed by atoms with Crippen LogP contribution in [0.2, 0.25) is 0 Å². The smallest absolute Gasteiger partial charge is 0.289 e. The second-order valence-corrected chi connectivity index (χ2v) is 4.24. The summed E-state index contributed by atoms with van der Waals surface area (Å²) in [5.74, 6) is 0.640. The van der Waals surface area contributed by atoms with Gasteiger partial charge in [-0.1, -0.05) is 18.2 Å². The minimum atomic E-state index is -0.328. The first-order chi connectivity index (χ1) is 9.24. The van der Waals surface area contributed by atoms with Crippen LogP contribution in [0.5, 0.6) is 5.75 Å². The van der Waals surface area contributed by atoms with E-state index >= 15 is 0 Å². The van der Waals surface area contributed by atoms with Crippen LogP contribution in [0.25, 0.3) is 0 Å². The SMILES string of the molecule is Nc1n[nH]c(C(=O)NC2CCOc3ccccc32)n1. The Morgan fingerprint density at radius 2 is 2.32 bits per heavy atom. The summed E-state index contributed by atoms with van der Waals surface area (Å²) in [5.41, 5.74) is 6.34. The van der Waals surface area contributed by atoms with Crippen LogP contribution >= 0.6 is 0 Å². The van der Waals surface area contributed by atoms with Crippen molar-refractivity contribution in [3.8, 4) is 5.75 Å². The Hall–Kier alpha value is -2.57. The van der Waals surface area contributed by atoms with Gasteiger partial charge >= 0.3 is 0 Å². The van der Waals surface area contributed by atoms with E-state index in [2.05, 4.69) is 20.5 Å². The maximum absolute atomic E-state index is 12.0. The van der Waals surface area contributed by atoms with Crippen molar-refractivity contribution >= 4 is 11.9 Å². The fourth-order valence-electron chi connectivity index (χ4n) is 2.09. The molecule has 7 heteroatoms. The molecular formula is C12H13N5O2. The second kappa shape index (κ2) is 4.60. The Balaban J connectivity index is 1.79. The number of amides is 1. The van der Waals surface area contributed by atoms with E-state index in [1.54, 1.807) is 0 Å². The van der Waals surface area contributed by atoms with Crippen molar-refractivity contribution < 1.29 is 9.53 Å². The lowest BCUT2D eigenvalue weighted by atomic mass is 10.0. The maximum Gasteiger partial charge on any atom is 0.289 e. The second-order valence-electron chi connectivity index (χ2n) is 4.24. The molecule has 1 atom stereocenters. The first-order valence-corrected chi connectivity index (χ1v) is 5.94. The Morgan fingerprint density at radius 1 is 1.47 bits per heavy atom. The van der Waals surface area contributed by atoms with Gasteiger partial charge in [0.1, 0.15) is 5.75 Å². The number of carbonyl (C=O) groups excluding carboxylic acids is 1. The summed E-state index contributed by atoms with van der Waals surface area (Å²) >= 11 is 0. The van der Waals surface area contributed by atoms with Crippen LogP contribution in [0.1, 0.15) is 28.6 Å². The average Bonchev–Trinajstić information content (AvgIpc) is 2.86. The van der Waals surface area contributed by atoms with E-state index in [0.29, 0.717) is 13.0 Å². The Morgan fingerprint density at radius 3 is 3.11 bits per heavy atom. The number of hydrogen-bond donors (Lipinski definition) is 3. The first kappa shape index (κ1) is 11.5. The standard InChI is InChI=1S/C12H13N5O2/c13-12-15-10(16-17-12)11(18)14-8-5-6-19-9-4-2-1-3-7(8)9/h1-4,8H,5-6H2,(H,14,18)(H3,13,15,16,17). The van der Waals surface area contributed by atoms with Gasteiger partial charge in [-0.3, -0.25) is 9.89 Å². The molecule has 0 fully saturated rings. The fourth-order valence-corrected chi connectivity index (χ4v) is 2.09. The van der Waals surface area contributed by atoms with Crippen molar-refractivity contribution in [2.24, 2.45) is 0 Å². The molecule has 1 unspecified atom stereocenters. The number of H-pyrrole nitrogens is 1. The van der Waals surface area contributed by atoms with Crippen LogP contribution in [-0.2, 0) is 0 Å². The highest BCUT2D eigenvalue weighted by molar-refractivity contribution is 5.91. The lowest BCUT2D eigenvalue weighted by Crippen LogP contribution is -2.32. The number of carbonyl (C=O) groups is 1. The van der Waals surface area contributed by atoms with Crippen LogP contribution in [0.3, 0.4) is 0 Å². The van der Waals surface area contributed by atoms with Crippen molar-refractivity contribution in [3.63, 3.8) is 0 Å². The number of rotatable bonds is 2. The first-order valence-electron chi connectivity index (χ1n) is 5.94. The lowest BCUT2D eigenvalue weighted by molar-refractivity contribution is 0.0914. The van der Waals surface area contributed by atoms with E-state index in [4.69, 9.17) is 10.5 Å². The number of nitrogens with two attached hydrogens (primary N) is 1. The van der Waals surface area contributed by atoms with E-state index in [1.807, 2.05) is 24.3 Å². The summed E-state index contributed by atoms with van der Waals surface area (Å²) in [5, 5.41) is 9.02. The van der Waals surface area contributed by atoms with Crippen LogP contribution in [0, 0.1) is 0 Å². The number of fused-ring (bicyclic) bond motifs is 1. The fraction of sp³-hybridized carbons (Fsp3) is 0.250. The minimum Gasteiger partial charge on any atom is -0.493 e. The van der Waals surface area contributed by atoms with Gasteiger partial charge in [0, 0.05) is 12.0 Å². The molecule has 7 nitrogen and oxygen atoms in total. The van der Waals surface area contributed by atoms with Crippen LogP contribution in [0.4, 0.5) is 5.95 Å². The molecule has 0 spiro atoms. The molecule has 0 bridgehead atoms. The molecule has 3 rings (SSSR count). The van der Waals surface area contributed by atoms with Crippen LogP contribution in [-0.4, -0.2) is 27.7 Å². The minimum absolute atomic E-state index is 0.0533. The number of nitrogens with zero attached hydrogens (tertiary/aromatic N) is 2. The van der Waals surface area contributed by atoms with E-state index in [0.717, 1.165) is 11.3 Å². The van der Waals surface area contributed by atoms with Gasteiger partial charge in [-0.05, 0) is 6.07 Å². The quantitative estimate of drug-likeness (QED) is 0.733. The molecule has 0 radical (unpaired) electrons. The number of anilines is 1. The van der Waals surface area contributed by atoms with E-state index in [1.165, 1.54) is 0 Å². The molecule has 0 aliphatic carbocycles. The molecule has 98 valence electrons. The predicted octanol–water partition coefficient (Wildman–Crippen LogP) is 0.640. The largest absolute Gasteiger partial charge is 0.493 e. The molecule has 2 heterocycles. The number of benzene rings is 1. The van der Waals surface area contributed by atoms with Crippen LogP contribution in [0.15, 0.2) is 24.3 Å².